The molecule has 7 nitrogen and oxygen atoms in total. The predicted octanol–water partition coefficient (Wildman–Crippen LogP) is 2.82. The van der Waals surface area contributed by atoms with Gasteiger partial charge >= 0.3 is 0 Å². The highest BCUT2D eigenvalue weighted by atomic mass is 32.2. The van der Waals surface area contributed by atoms with Crippen molar-refractivity contribution in [3.8, 4) is 0 Å². The molecule has 0 radical (unpaired) electrons. The van der Waals surface area contributed by atoms with E-state index in [4.69, 9.17) is 0 Å². The molecular formula is C16H17N3O4S. The normalized spacial score (nSPS) is 18.7. The zero-order valence-electron chi connectivity index (χ0n) is 13.2. The molecule has 1 unspecified atom stereocenters. The molecule has 2 aromatic carbocycles. The van der Waals surface area contributed by atoms with Crippen molar-refractivity contribution in [3.05, 3.63) is 64.2 Å². The molecule has 0 amide bonds. The zero-order chi connectivity index (χ0) is 17.5. The fraction of sp³-hybridized carbons (Fsp3) is 0.250. The Hall–Kier alpha value is -2.45. The summed E-state index contributed by atoms with van der Waals surface area (Å²) >= 11 is 0. The first-order valence-corrected chi connectivity index (χ1v) is 8.83. The molecule has 0 aromatic heterocycles. The van der Waals surface area contributed by atoms with Crippen LogP contribution < -0.4 is 10.0 Å². The number of benzene rings is 2. The van der Waals surface area contributed by atoms with Crippen molar-refractivity contribution in [1.82, 2.24) is 4.72 Å². The first kappa shape index (κ1) is 16.4. The van der Waals surface area contributed by atoms with Gasteiger partial charge in [0, 0.05) is 11.8 Å². The minimum absolute atomic E-state index is 0.338. The molecule has 3 rings (SSSR count). The Morgan fingerprint density at radius 1 is 1.12 bits per heavy atom. The van der Waals surface area contributed by atoms with E-state index in [-0.39, 0.29) is 4.90 Å². The quantitative estimate of drug-likeness (QED) is 0.654. The number of sulfonamides is 1. The van der Waals surface area contributed by atoms with Crippen molar-refractivity contribution in [2.24, 2.45) is 0 Å². The summed E-state index contributed by atoms with van der Waals surface area (Å²) in [6.07, 6.45) is 0. The molecule has 126 valence electrons. The summed E-state index contributed by atoms with van der Waals surface area (Å²) in [5.74, 6) is 0. The second kappa shape index (κ2) is 5.57. The van der Waals surface area contributed by atoms with E-state index in [1.165, 1.54) is 24.3 Å². The van der Waals surface area contributed by atoms with E-state index in [0.717, 1.165) is 11.3 Å². The van der Waals surface area contributed by atoms with Crippen molar-refractivity contribution in [2.75, 3.05) is 5.32 Å². The predicted molar refractivity (Wildman–Crippen MR) is 90.3 cm³/mol. The van der Waals surface area contributed by atoms with E-state index in [2.05, 4.69) is 10.0 Å². The summed E-state index contributed by atoms with van der Waals surface area (Å²) in [6.45, 7) is 3.75. The molecule has 0 aliphatic carbocycles. The summed E-state index contributed by atoms with van der Waals surface area (Å²) in [4.78, 5) is 10.1. The Balaban J connectivity index is 2.03. The number of nitro groups is 1. The Kier molecular flexibility index (Phi) is 3.81. The Labute approximate surface area is 139 Å². The average Bonchev–Trinajstić information content (AvgIpc) is 2.77. The maximum atomic E-state index is 12.8. The number of hydrogen-bond donors (Lipinski definition) is 2. The minimum Gasteiger partial charge on any atom is -0.378 e. The number of hydrogen-bond acceptors (Lipinski definition) is 5. The van der Waals surface area contributed by atoms with Gasteiger partial charge in [-0.25, -0.2) is 13.1 Å². The van der Waals surface area contributed by atoms with Crippen LogP contribution in [0.4, 0.5) is 11.4 Å². The molecule has 1 heterocycles. The van der Waals surface area contributed by atoms with Gasteiger partial charge in [0.05, 0.1) is 16.5 Å². The molecular weight excluding hydrogens is 330 g/mol. The molecule has 0 saturated heterocycles. The van der Waals surface area contributed by atoms with E-state index in [1.807, 2.05) is 38.1 Å². The number of nitrogens with zero attached hydrogens (tertiary/aromatic N) is 1. The van der Waals surface area contributed by atoms with Gasteiger partial charge in [-0.2, -0.15) is 0 Å². The minimum atomic E-state index is -4.06. The highest BCUT2D eigenvalue weighted by molar-refractivity contribution is 7.89. The summed E-state index contributed by atoms with van der Waals surface area (Å²) < 4.78 is 28.2. The van der Waals surface area contributed by atoms with Gasteiger partial charge in [0.2, 0.25) is 10.0 Å². The third kappa shape index (κ3) is 2.74. The van der Waals surface area contributed by atoms with E-state index < -0.39 is 32.2 Å². The van der Waals surface area contributed by atoms with E-state index >= 15 is 0 Å². The monoisotopic (exact) mass is 347 g/mol. The molecule has 0 spiro atoms. The van der Waals surface area contributed by atoms with Crippen LogP contribution in [0.15, 0.2) is 53.4 Å². The van der Waals surface area contributed by atoms with Gasteiger partial charge in [0.15, 0.2) is 4.90 Å². The Bertz CT molecular complexity index is 909. The lowest BCUT2D eigenvalue weighted by atomic mass is 9.94. The maximum absolute atomic E-state index is 12.8. The second-order valence-corrected chi connectivity index (χ2v) is 7.90. The van der Waals surface area contributed by atoms with Crippen molar-refractivity contribution in [3.63, 3.8) is 0 Å². The number of fused-ring (bicyclic) bond motifs is 1. The summed E-state index contributed by atoms with van der Waals surface area (Å²) in [7, 11) is -4.06. The molecule has 1 aliphatic rings. The third-order valence-corrected chi connectivity index (χ3v) is 5.55. The zero-order valence-corrected chi connectivity index (χ0v) is 14.0. The van der Waals surface area contributed by atoms with Crippen LogP contribution in [0.5, 0.6) is 0 Å². The van der Waals surface area contributed by atoms with Crippen molar-refractivity contribution in [1.29, 1.82) is 0 Å². The SMILES string of the molecule is CC1(C)Nc2ccccc2C1NS(=O)(=O)c1ccccc1[N+](=O)[O-]. The van der Waals surface area contributed by atoms with Crippen LogP contribution in [-0.4, -0.2) is 18.9 Å². The summed E-state index contributed by atoms with van der Waals surface area (Å²) in [5.41, 5.74) is 0.643. The topological polar surface area (TPSA) is 101 Å². The van der Waals surface area contributed by atoms with Crippen LogP contribution in [0.1, 0.15) is 25.5 Å². The van der Waals surface area contributed by atoms with Crippen LogP contribution in [0, 0.1) is 10.1 Å². The van der Waals surface area contributed by atoms with Gasteiger partial charge < -0.3 is 5.32 Å². The number of rotatable bonds is 4. The molecule has 1 aliphatic heterocycles. The first-order chi connectivity index (χ1) is 11.2. The molecule has 2 N–H and O–H groups in total. The Morgan fingerprint density at radius 2 is 1.75 bits per heavy atom. The molecule has 1 atom stereocenters. The summed E-state index contributed by atoms with van der Waals surface area (Å²) in [5, 5.41) is 14.4. The lowest BCUT2D eigenvalue weighted by Crippen LogP contribution is -2.42. The molecule has 2 aromatic rings. The highest BCUT2D eigenvalue weighted by Crippen LogP contribution is 2.41. The fourth-order valence-electron chi connectivity index (χ4n) is 2.94. The van der Waals surface area contributed by atoms with Crippen LogP contribution in [0.3, 0.4) is 0 Å². The molecule has 8 heteroatoms. The van der Waals surface area contributed by atoms with Crippen molar-refractivity contribution < 1.29 is 13.3 Å². The number of anilines is 1. The molecule has 0 saturated carbocycles. The molecule has 0 fully saturated rings. The average molecular weight is 347 g/mol. The second-order valence-electron chi connectivity index (χ2n) is 6.21. The van der Waals surface area contributed by atoms with E-state index in [0.29, 0.717) is 0 Å². The van der Waals surface area contributed by atoms with Gasteiger partial charge in [0.1, 0.15) is 0 Å². The number of para-hydroxylation sites is 2. The number of nitro benzene ring substituents is 1. The lowest BCUT2D eigenvalue weighted by molar-refractivity contribution is -0.387. The van der Waals surface area contributed by atoms with Crippen molar-refractivity contribution >= 4 is 21.4 Å². The molecule has 24 heavy (non-hydrogen) atoms. The highest BCUT2D eigenvalue weighted by Gasteiger charge is 2.41. The summed E-state index contributed by atoms with van der Waals surface area (Å²) in [6, 6.07) is 12.2. The first-order valence-electron chi connectivity index (χ1n) is 7.35. The van der Waals surface area contributed by atoms with Gasteiger partial charge in [-0.1, -0.05) is 30.3 Å². The Morgan fingerprint density at radius 3 is 2.46 bits per heavy atom. The largest absolute Gasteiger partial charge is 0.378 e. The standard InChI is InChI=1S/C16H17N3O4S/c1-16(2)15(11-7-3-4-8-12(11)17-16)18-24(22,23)14-10-6-5-9-13(14)19(20)21/h3-10,15,17-18H,1-2H3. The lowest BCUT2D eigenvalue weighted by Gasteiger charge is -2.28. The fourth-order valence-corrected chi connectivity index (χ4v) is 4.47. The van der Waals surface area contributed by atoms with Crippen LogP contribution in [-0.2, 0) is 10.0 Å². The van der Waals surface area contributed by atoms with E-state index in [1.54, 1.807) is 0 Å². The molecule has 0 bridgehead atoms. The third-order valence-electron chi connectivity index (χ3n) is 4.07. The van der Waals surface area contributed by atoms with Crippen molar-refractivity contribution in [2.45, 2.75) is 30.3 Å². The van der Waals surface area contributed by atoms with Gasteiger partial charge in [-0.15, -0.1) is 0 Å². The maximum Gasteiger partial charge on any atom is 0.289 e. The smallest absolute Gasteiger partial charge is 0.289 e. The van der Waals surface area contributed by atoms with Crippen LogP contribution in [0.25, 0.3) is 0 Å². The van der Waals surface area contributed by atoms with Crippen LogP contribution in [0.2, 0.25) is 0 Å². The van der Waals surface area contributed by atoms with Gasteiger partial charge in [0.25, 0.3) is 5.69 Å². The van der Waals surface area contributed by atoms with E-state index in [9.17, 15) is 18.5 Å². The van der Waals surface area contributed by atoms with Gasteiger partial charge in [-0.05, 0) is 31.5 Å². The van der Waals surface area contributed by atoms with Crippen LogP contribution >= 0.6 is 0 Å². The number of nitrogens with one attached hydrogen (secondary N) is 2. The van der Waals surface area contributed by atoms with Gasteiger partial charge in [-0.3, -0.25) is 10.1 Å².